The zero-order valence-corrected chi connectivity index (χ0v) is 13.1. The summed E-state index contributed by atoms with van der Waals surface area (Å²) in [6.45, 7) is 0. The molecule has 1 saturated carbocycles. The van der Waals surface area contributed by atoms with Gasteiger partial charge in [0.25, 0.3) is 5.89 Å². The van der Waals surface area contributed by atoms with Crippen LogP contribution in [0.3, 0.4) is 0 Å². The minimum absolute atomic E-state index is 0. The molecule has 2 aromatic rings. The van der Waals surface area contributed by atoms with E-state index in [0.717, 1.165) is 25.5 Å². The third-order valence-corrected chi connectivity index (χ3v) is 4.79. The largest absolute Gasteiger partial charge is 0.334 e. The van der Waals surface area contributed by atoms with Crippen LogP contribution in [-0.2, 0) is 15.4 Å². The maximum atomic E-state index is 11.8. The third kappa shape index (κ3) is 2.81. The van der Waals surface area contributed by atoms with Gasteiger partial charge in [0.2, 0.25) is 0 Å². The predicted octanol–water partition coefficient (Wildman–Crippen LogP) is 1.90. The summed E-state index contributed by atoms with van der Waals surface area (Å²) in [5, 5.41) is 3.90. The van der Waals surface area contributed by atoms with Crippen LogP contribution in [0.2, 0.25) is 0 Å². The third-order valence-electron chi connectivity index (χ3n) is 3.63. The van der Waals surface area contributed by atoms with Crippen molar-refractivity contribution in [3.8, 4) is 11.5 Å². The molecule has 8 heteroatoms. The molecule has 1 aliphatic rings. The van der Waals surface area contributed by atoms with Gasteiger partial charge < -0.3 is 10.3 Å². The molecule has 1 heterocycles. The number of rotatable bonds is 3. The van der Waals surface area contributed by atoms with Crippen LogP contribution in [0.4, 0.5) is 0 Å². The number of hydrogen-bond acceptors (Lipinski definition) is 6. The molecule has 0 bridgehead atoms. The van der Waals surface area contributed by atoms with E-state index in [1.54, 1.807) is 18.2 Å². The second kappa shape index (κ2) is 5.40. The quantitative estimate of drug-likeness (QED) is 0.923. The molecule has 0 saturated heterocycles. The van der Waals surface area contributed by atoms with Gasteiger partial charge in [-0.1, -0.05) is 17.3 Å². The summed E-state index contributed by atoms with van der Waals surface area (Å²) in [5.74, 6) is 0.639. The van der Waals surface area contributed by atoms with Gasteiger partial charge in [0, 0.05) is 6.26 Å². The highest BCUT2D eigenvalue weighted by atomic mass is 35.5. The van der Waals surface area contributed by atoms with Crippen molar-refractivity contribution in [2.24, 2.45) is 5.73 Å². The van der Waals surface area contributed by atoms with Crippen LogP contribution in [-0.4, -0.2) is 24.8 Å². The van der Waals surface area contributed by atoms with Crippen molar-refractivity contribution in [1.29, 1.82) is 0 Å². The van der Waals surface area contributed by atoms with Crippen LogP contribution >= 0.6 is 12.4 Å². The van der Waals surface area contributed by atoms with E-state index in [0.29, 0.717) is 11.4 Å². The van der Waals surface area contributed by atoms with Crippen molar-refractivity contribution in [2.45, 2.75) is 29.7 Å². The van der Waals surface area contributed by atoms with Crippen LogP contribution < -0.4 is 5.73 Å². The molecule has 0 aliphatic heterocycles. The molecule has 2 N–H and O–H groups in total. The standard InChI is InChI=1S/C13H15N3O3S.ClH/c1-20(17,18)10-6-3-2-5-9(10)11-15-12(16-19-11)13(14)7-4-8-13;/h2-3,5-6H,4,7-8,14H2,1H3;1H. The van der Waals surface area contributed by atoms with E-state index in [2.05, 4.69) is 10.1 Å². The molecule has 21 heavy (non-hydrogen) atoms. The lowest BCUT2D eigenvalue weighted by Gasteiger charge is -2.34. The second-order valence-electron chi connectivity index (χ2n) is 5.20. The van der Waals surface area contributed by atoms with Crippen molar-refractivity contribution in [1.82, 2.24) is 10.1 Å². The SMILES string of the molecule is CS(=O)(=O)c1ccccc1-c1nc(C2(N)CCC2)no1.Cl. The molecule has 1 aliphatic carbocycles. The molecule has 0 spiro atoms. The highest BCUT2D eigenvalue weighted by Gasteiger charge is 2.39. The molecule has 1 aromatic carbocycles. The Bertz CT molecular complexity index is 754. The summed E-state index contributed by atoms with van der Waals surface area (Å²) in [4.78, 5) is 4.46. The number of nitrogens with zero attached hydrogens (tertiary/aromatic N) is 2. The Morgan fingerprint density at radius 3 is 2.52 bits per heavy atom. The number of benzene rings is 1. The number of aromatic nitrogens is 2. The summed E-state index contributed by atoms with van der Waals surface area (Å²) in [7, 11) is -3.36. The first-order valence-corrected chi connectivity index (χ1v) is 8.22. The topological polar surface area (TPSA) is 99.1 Å². The van der Waals surface area contributed by atoms with Crippen LogP contribution in [0.25, 0.3) is 11.5 Å². The molecule has 1 fully saturated rings. The molecule has 0 unspecified atom stereocenters. The Morgan fingerprint density at radius 2 is 1.95 bits per heavy atom. The fourth-order valence-corrected chi connectivity index (χ4v) is 3.16. The van der Waals surface area contributed by atoms with Gasteiger partial charge in [0.15, 0.2) is 15.7 Å². The minimum Gasteiger partial charge on any atom is -0.334 e. The zero-order chi connectivity index (χ0) is 14.4. The van der Waals surface area contributed by atoms with Crippen LogP contribution in [0.1, 0.15) is 25.1 Å². The molecular formula is C13H16ClN3O3S. The van der Waals surface area contributed by atoms with Crippen molar-refractivity contribution in [2.75, 3.05) is 6.26 Å². The number of hydrogen-bond donors (Lipinski definition) is 1. The van der Waals surface area contributed by atoms with Gasteiger partial charge in [-0.25, -0.2) is 8.42 Å². The first-order chi connectivity index (χ1) is 9.40. The smallest absolute Gasteiger partial charge is 0.259 e. The monoisotopic (exact) mass is 329 g/mol. The molecule has 114 valence electrons. The van der Waals surface area contributed by atoms with Crippen LogP contribution in [0, 0.1) is 0 Å². The predicted molar refractivity (Wildman–Crippen MR) is 79.8 cm³/mol. The van der Waals surface area contributed by atoms with Crippen molar-refractivity contribution in [3.63, 3.8) is 0 Å². The maximum absolute atomic E-state index is 11.8. The summed E-state index contributed by atoms with van der Waals surface area (Å²) in [6.07, 6.45) is 3.83. The molecule has 0 atom stereocenters. The Balaban J connectivity index is 0.00000161. The highest BCUT2D eigenvalue weighted by Crippen LogP contribution is 2.38. The van der Waals surface area contributed by atoms with E-state index < -0.39 is 15.4 Å². The van der Waals surface area contributed by atoms with Gasteiger partial charge in [0.1, 0.15) is 0 Å². The lowest BCUT2D eigenvalue weighted by molar-refractivity contribution is 0.229. The van der Waals surface area contributed by atoms with Gasteiger partial charge in [-0.2, -0.15) is 4.98 Å². The lowest BCUT2D eigenvalue weighted by atomic mass is 9.77. The van der Waals surface area contributed by atoms with Crippen molar-refractivity contribution < 1.29 is 12.9 Å². The average Bonchev–Trinajstić information content (AvgIpc) is 2.84. The van der Waals surface area contributed by atoms with E-state index in [-0.39, 0.29) is 23.2 Å². The number of halogens is 1. The normalized spacial score (nSPS) is 16.9. The summed E-state index contributed by atoms with van der Waals surface area (Å²) >= 11 is 0. The lowest BCUT2D eigenvalue weighted by Crippen LogP contribution is -2.44. The molecular weight excluding hydrogens is 314 g/mol. The van der Waals surface area contributed by atoms with Gasteiger partial charge in [0.05, 0.1) is 16.0 Å². The average molecular weight is 330 g/mol. The van der Waals surface area contributed by atoms with E-state index in [1.807, 2.05) is 0 Å². The summed E-state index contributed by atoms with van der Waals surface area (Å²) in [5.41, 5.74) is 6.02. The van der Waals surface area contributed by atoms with Gasteiger partial charge in [-0.05, 0) is 31.4 Å². The Labute approximate surface area is 129 Å². The summed E-state index contributed by atoms with van der Waals surface area (Å²) in [6, 6.07) is 6.57. The fourth-order valence-electron chi connectivity index (χ4n) is 2.28. The first kappa shape index (κ1) is 15.9. The van der Waals surface area contributed by atoms with Crippen molar-refractivity contribution >= 4 is 22.2 Å². The Hall–Kier alpha value is -1.44. The number of nitrogens with two attached hydrogens (primary N) is 1. The first-order valence-electron chi connectivity index (χ1n) is 6.33. The zero-order valence-electron chi connectivity index (χ0n) is 11.4. The van der Waals surface area contributed by atoms with Crippen molar-refractivity contribution in [3.05, 3.63) is 30.1 Å². The molecule has 6 nitrogen and oxygen atoms in total. The fraction of sp³-hybridized carbons (Fsp3) is 0.385. The summed E-state index contributed by atoms with van der Waals surface area (Å²) < 4.78 is 28.8. The Morgan fingerprint density at radius 1 is 1.29 bits per heavy atom. The molecule has 3 rings (SSSR count). The van der Waals surface area contributed by atoms with Crippen LogP contribution in [0.5, 0.6) is 0 Å². The van der Waals surface area contributed by atoms with Gasteiger partial charge in [-0.15, -0.1) is 12.4 Å². The Kier molecular flexibility index (Phi) is 4.10. The van der Waals surface area contributed by atoms with E-state index in [4.69, 9.17) is 10.3 Å². The maximum Gasteiger partial charge on any atom is 0.259 e. The molecule has 0 radical (unpaired) electrons. The van der Waals surface area contributed by atoms with E-state index in [1.165, 1.54) is 6.07 Å². The van der Waals surface area contributed by atoms with Gasteiger partial charge >= 0.3 is 0 Å². The highest BCUT2D eigenvalue weighted by molar-refractivity contribution is 7.90. The van der Waals surface area contributed by atoms with Gasteiger partial charge in [-0.3, -0.25) is 0 Å². The minimum atomic E-state index is -3.36. The number of sulfone groups is 1. The molecule has 0 amide bonds. The van der Waals surface area contributed by atoms with Crippen LogP contribution in [0.15, 0.2) is 33.7 Å². The van der Waals surface area contributed by atoms with E-state index in [9.17, 15) is 8.42 Å². The molecule has 1 aromatic heterocycles. The van der Waals surface area contributed by atoms with E-state index >= 15 is 0 Å². The second-order valence-corrected chi connectivity index (χ2v) is 7.19.